The Morgan fingerprint density at radius 3 is 2.41 bits per heavy atom. The van der Waals surface area contributed by atoms with Crippen LogP contribution in [0.25, 0.3) is 0 Å². The van der Waals surface area contributed by atoms with Gasteiger partial charge in [0, 0.05) is 31.2 Å². The van der Waals surface area contributed by atoms with Crippen LogP contribution in [0.1, 0.15) is 10.4 Å². The number of nitrogens with one attached hydrogen (secondary N) is 1. The fourth-order valence-electron chi connectivity index (χ4n) is 2.90. The number of hydrogen-bond acceptors (Lipinski definition) is 3. The zero-order chi connectivity index (χ0) is 19.4. The molecule has 2 aromatic carbocycles. The van der Waals surface area contributed by atoms with Gasteiger partial charge >= 0.3 is 0 Å². The molecule has 0 bridgehead atoms. The van der Waals surface area contributed by atoms with Gasteiger partial charge in [-0.1, -0.05) is 35.3 Å². The standard InChI is InChI=1S/C19H18Cl2FN3O2/c20-13-5-6-17(15(21)11-13)23-18(26)12-24-7-9-25(10-8-24)19(27)14-3-1-2-4-16(14)22/h1-6,11H,7-10,12H2,(H,23,26). The lowest BCUT2D eigenvalue weighted by Crippen LogP contribution is -2.50. The van der Waals surface area contributed by atoms with Crippen LogP contribution in [0.2, 0.25) is 10.0 Å². The van der Waals surface area contributed by atoms with Crippen molar-refractivity contribution in [3.63, 3.8) is 0 Å². The van der Waals surface area contributed by atoms with Crippen molar-refractivity contribution < 1.29 is 14.0 Å². The number of amides is 2. The number of carbonyl (C=O) groups is 2. The van der Waals surface area contributed by atoms with Gasteiger partial charge in [-0.15, -0.1) is 0 Å². The first-order chi connectivity index (χ1) is 12.9. The van der Waals surface area contributed by atoms with Crippen LogP contribution in [0.3, 0.4) is 0 Å². The van der Waals surface area contributed by atoms with E-state index in [0.717, 1.165) is 0 Å². The molecule has 1 heterocycles. The largest absolute Gasteiger partial charge is 0.336 e. The van der Waals surface area contributed by atoms with Gasteiger partial charge in [-0.3, -0.25) is 14.5 Å². The summed E-state index contributed by atoms with van der Waals surface area (Å²) in [4.78, 5) is 28.2. The van der Waals surface area contributed by atoms with Crippen molar-refractivity contribution in [3.8, 4) is 0 Å². The zero-order valence-electron chi connectivity index (χ0n) is 14.4. The third kappa shape index (κ3) is 4.97. The SMILES string of the molecule is O=C(CN1CCN(C(=O)c2ccccc2F)CC1)Nc1ccc(Cl)cc1Cl. The van der Waals surface area contributed by atoms with Crippen LogP contribution >= 0.6 is 23.2 Å². The summed E-state index contributed by atoms with van der Waals surface area (Å²) in [5, 5.41) is 3.62. The molecule has 142 valence electrons. The molecule has 1 fully saturated rings. The maximum atomic E-state index is 13.8. The summed E-state index contributed by atoms with van der Waals surface area (Å²) in [6.07, 6.45) is 0. The molecule has 27 heavy (non-hydrogen) atoms. The van der Waals surface area contributed by atoms with Crippen LogP contribution in [-0.2, 0) is 4.79 Å². The normalized spacial score (nSPS) is 14.9. The van der Waals surface area contributed by atoms with E-state index >= 15 is 0 Å². The molecule has 0 saturated carbocycles. The van der Waals surface area contributed by atoms with E-state index in [9.17, 15) is 14.0 Å². The number of anilines is 1. The summed E-state index contributed by atoms with van der Waals surface area (Å²) in [5.74, 6) is -1.05. The van der Waals surface area contributed by atoms with E-state index in [2.05, 4.69) is 5.32 Å². The summed E-state index contributed by atoms with van der Waals surface area (Å²) in [6.45, 7) is 2.11. The molecular weight excluding hydrogens is 392 g/mol. The van der Waals surface area contributed by atoms with Gasteiger partial charge in [0.2, 0.25) is 5.91 Å². The Bertz CT molecular complexity index is 855. The first-order valence-electron chi connectivity index (χ1n) is 8.45. The average Bonchev–Trinajstić information content (AvgIpc) is 2.64. The number of halogens is 3. The van der Waals surface area contributed by atoms with Crippen LogP contribution in [0, 0.1) is 5.82 Å². The maximum absolute atomic E-state index is 13.8. The Balaban J connectivity index is 1.51. The van der Waals surface area contributed by atoms with Crippen molar-refractivity contribution in [2.45, 2.75) is 0 Å². The van der Waals surface area contributed by atoms with E-state index in [1.165, 1.54) is 12.1 Å². The molecule has 0 aliphatic carbocycles. The van der Waals surface area contributed by atoms with Gasteiger partial charge in [0.15, 0.2) is 0 Å². The highest BCUT2D eigenvalue weighted by molar-refractivity contribution is 6.36. The van der Waals surface area contributed by atoms with Crippen LogP contribution in [-0.4, -0.2) is 54.3 Å². The maximum Gasteiger partial charge on any atom is 0.256 e. The van der Waals surface area contributed by atoms with Crippen LogP contribution in [0.5, 0.6) is 0 Å². The zero-order valence-corrected chi connectivity index (χ0v) is 15.9. The molecule has 0 unspecified atom stereocenters. The highest BCUT2D eigenvalue weighted by Gasteiger charge is 2.24. The van der Waals surface area contributed by atoms with E-state index in [1.807, 2.05) is 4.90 Å². The van der Waals surface area contributed by atoms with Crippen molar-refractivity contribution in [1.29, 1.82) is 0 Å². The molecule has 0 aromatic heterocycles. The van der Waals surface area contributed by atoms with Crippen molar-refractivity contribution in [1.82, 2.24) is 9.80 Å². The highest BCUT2D eigenvalue weighted by Crippen LogP contribution is 2.25. The van der Waals surface area contributed by atoms with Crippen molar-refractivity contribution in [3.05, 3.63) is 63.9 Å². The first-order valence-corrected chi connectivity index (χ1v) is 9.20. The predicted octanol–water partition coefficient (Wildman–Crippen LogP) is 3.53. The molecule has 3 rings (SSSR count). The van der Waals surface area contributed by atoms with Gasteiger partial charge in [-0.25, -0.2) is 4.39 Å². The van der Waals surface area contributed by atoms with Crippen molar-refractivity contribution in [2.24, 2.45) is 0 Å². The molecule has 1 N–H and O–H groups in total. The number of carbonyl (C=O) groups excluding carboxylic acids is 2. The lowest BCUT2D eigenvalue weighted by Gasteiger charge is -2.34. The van der Waals surface area contributed by atoms with Crippen LogP contribution in [0.4, 0.5) is 10.1 Å². The molecule has 8 heteroatoms. The lowest BCUT2D eigenvalue weighted by molar-refractivity contribution is -0.117. The molecule has 5 nitrogen and oxygen atoms in total. The summed E-state index contributed by atoms with van der Waals surface area (Å²) in [5.41, 5.74) is 0.570. The number of piperazine rings is 1. The minimum Gasteiger partial charge on any atom is -0.336 e. The van der Waals surface area contributed by atoms with Gasteiger partial charge in [-0.05, 0) is 30.3 Å². The smallest absolute Gasteiger partial charge is 0.256 e. The minimum absolute atomic E-state index is 0.0704. The number of benzene rings is 2. The van der Waals surface area contributed by atoms with E-state index in [-0.39, 0.29) is 23.9 Å². The Kier molecular flexibility index (Phi) is 6.31. The van der Waals surface area contributed by atoms with Gasteiger partial charge in [0.25, 0.3) is 5.91 Å². The molecule has 2 amide bonds. The number of rotatable bonds is 4. The van der Waals surface area contributed by atoms with Crippen LogP contribution in [0.15, 0.2) is 42.5 Å². The topological polar surface area (TPSA) is 52.7 Å². The van der Waals surface area contributed by atoms with E-state index in [1.54, 1.807) is 35.2 Å². The fraction of sp³-hybridized carbons (Fsp3) is 0.263. The van der Waals surface area contributed by atoms with Crippen molar-refractivity contribution >= 4 is 40.7 Å². The van der Waals surface area contributed by atoms with E-state index in [0.29, 0.717) is 41.9 Å². The fourth-order valence-corrected chi connectivity index (χ4v) is 3.35. The second-order valence-corrected chi connectivity index (χ2v) is 7.06. The quantitative estimate of drug-likeness (QED) is 0.839. The Morgan fingerprint density at radius 1 is 1.04 bits per heavy atom. The molecule has 2 aromatic rings. The highest BCUT2D eigenvalue weighted by atomic mass is 35.5. The van der Waals surface area contributed by atoms with E-state index in [4.69, 9.17) is 23.2 Å². The number of nitrogens with zero attached hydrogens (tertiary/aromatic N) is 2. The lowest BCUT2D eigenvalue weighted by atomic mass is 10.1. The summed E-state index contributed by atoms with van der Waals surface area (Å²) in [6, 6.07) is 10.8. The predicted molar refractivity (Wildman–Crippen MR) is 104 cm³/mol. The molecular formula is C19H18Cl2FN3O2. The second kappa shape index (κ2) is 8.69. The summed E-state index contributed by atoms with van der Waals surface area (Å²) >= 11 is 11.9. The third-order valence-electron chi connectivity index (χ3n) is 4.34. The van der Waals surface area contributed by atoms with Crippen LogP contribution < -0.4 is 5.32 Å². The molecule has 0 atom stereocenters. The second-order valence-electron chi connectivity index (χ2n) is 6.22. The summed E-state index contributed by atoms with van der Waals surface area (Å²) in [7, 11) is 0. The third-order valence-corrected chi connectivity index (χ3v) is 4.88. The first kappa shape index (κ1) is 19.6. The minimum atomic E-state index is -0.524. The van der Waals surface area contributed by atoms with Crippen molar-refractivity contribution in [2.75, 3.05) is 38.0 Å². The van der Waals surface area contributed by atoms with Gasteiger partial charge in [0.05, 0.1) is 22.8 Å². The number of hydrogen-bond donors (Lipinski definition) is 1. The monoisotopic (exact) mass is 409 g/mol. The molecule has 1 saturated heterocycles. The molecule has 1 aliphatic rings. The van der Waals surface area contributed by atoms with Gasteiger partial charge < -0.3 is 10.2 Å². The average molecular weight is 410 g/mol. The Labute approximate surface area is 166 Å². The molecule has 0 spiro atoms. The van der Waals surface area contributed by atoms with E-state index < -0.39 is 5.82 Å². The van der Waals surface area contributed by atoms with Gasteiger partial charge in [0.1, 0.15) is 5.82 Å². The van der Waals surface area contributed by atoms with Gasteiger partial charge in [-0.2, -0.15) is 0 Å². The Morgan fingerprint density at radius 2 is 1.74 bits per heavy atom. The summed E-state index contributed by atoms with van der Waals surface area (Å²) < 4.78 is 13.8. The molecule has 1 aliphatic heterocycles. The molecule has 0 radical (unpaired) electrons. The Hall–Kier alpha value is -2.15.